The van der Waals surface area contributed by atoms with Gasteiger partial charge in [-0.1, -0.05) is 30.3 Å². The predicted molar refractivity (Wildman–Crippen MR) is 113 cm³/mol. The molecule has 30 heavy (non-hydrogen) atoms. The molecule has 162 valence electrons. The van der Waals surface area contributed by atoms with Crippen LogP contribution in [0.4, 0.5) is 4.79 Å². The topological polar surface area (TPSA) is 84.5 Å². The molecule has 3 amide bonds. The minimum Gasteiger partial charge on any atom is -0.455 e. The molecule has 0 aromatic heterocycles. The molecule has 1 aromatic rings. The van der Waals surface area contributed by atoms with Crippen LogP contribution in [0.1, 0.15) is 64.9 Å². The second-order valence-corrected chi connectivity index (χ2v) is 10.7. The quantitative estimate of drug-likeness (QED) is 0.739. The summed E-state index contributed by atoms with van der Waals surface area (Å²) in [6.45, 7) is 5.05. The van der Waals surface area contributed by atoms with E-state index in [0.717, 1.165) is 32.1 Å². The Morgan fingerprint density at radius 2 is 1.67 bits per heavy atom. The minimum absolute atomic E-state index is 0.0409. The van der Waals surface area contributed by atoms with Crippen molar-refractivity contribution in [2.75, 3.05) is 6.61 Å². The van der Waals surface area contributed by atoms with Crippen molar-refractivity contribution >= 4 is 17.9 Å². The average Bonchev–Trinajstić information content (AvgIpc) is 2.64. The number of nitrogens with one attached hydrogen (secondary N) is 2. The highest BCUT2D eigenvalue weighted by Crippen LogP contribution is 2.66. The second kappa shape index (κ2) is 7.40. The first kappa shape index (κ1) is 20.9. The van der Waals surface area contributed by atoms with E-state index in [-0.39, 0.29) is 11.4 Å². The molecule has 4 bridgehead atoms. The van der Waals surface area contributed by atoms with Gasteiger partial charge in [0.1, 0.15) is 0 Å². The number of hydrogen-bond donors (Lipinski definition) is 2. The molecule has 0 saturated heterocycles. The van der Waals surface area contributed by atoms with Gasteiger partial charge in [0.05, 0.1) is 5.41 Å². The highest BCUT2D eigenvalue weighted by atomic mass is 16.5. The van der Waals surface area contributed by atoms with E-state index >= 15 is 0 Å². The van der Waals surface area contributed by atoms with Crippen molar-refractivity contribution in [3.8, 4) is 0 Å². The molecule has 4 saturated carbocycles. The maximum Gasteiger partial charge on any atom is 0.321 e. The molecule has 4 aliphatic rings. The summed E-state index contributed by atoms with van der Waals surface area (Å²) in [5.41, 5.74) is 0.409. The van der Waals surface area contributed by atoms with Crippen LogP contribution < -0.4 is 10.6 Å². The minimum atomic E-state index is -0.604. The third-order valence-corrected chi connectivity index (χ3v) is 6.96. The zero-order valence-corrected chi connectivity index (χ0v) is 18.1. The van der Waals surface area contributed by atoms with Crippen molar-refractivity contribution in [2.24, 2.45) is 17.3 Å². The maximum absolute atomic E-state index is 13.2. The van der Waals surface area contributed by atoms with E-state index in [9.17, 15) is 14.4 Å². The zero-order chi connectivity index (χ0) is 21.6. The van der Waals surface area contributed by atoms with Crippen molar-refractivity contribution < 1.29 is 19.1 Å². The van der Waals surface area contributed by atoms with E-state index in [1.807, 2.05) is 26.8 Å². The molecule has 4 atom stereocenters. The number of benzene rings is 1. The first-order chi connectivity index (χ1) is 14.1. The Hall–Kier alpha value is -2.37. The molecule has 6 nitrogen and oxygen atoms in total. The molecule has 5 rings (SSSR count). The Balaban J connectivity index is 1.42. The lowest BCUT2D eigenvalue weighted by Crippen LogP contribution is -2.57. The van der Waals surface area contributed by atoms with Gasteiger partial charge in [-0.2, -0.15) is 0 Å². The van der Waals surface area contributed by atoms with E-state index in [0.29, 0.717) is 11.8 Å². The van der Waals surface area contributed by atoms with Crippen LogP contribution in [0, 0.1) is 17.3 Å². The fraction of sp³-hybridized carbons (Fsp3) is 0.625. The van der Waals surface area contributed by atoms with E-state index in [1.165, 1.54) is 12.0 Å². The van der Waals surface area contributed by atoms with Crippen LogP contribution in [0.3, 0.4) is 0 Å². The van der Waals surface area contributed by atoms with Crippen molar-refractivity contribution in [2.45, 2.75) is 70.3 Å². The Morgan fingerprint density at radius 1 is 1.03 bits per heavy atom. The number of imide groups is 1. The summed E-state index contributed by atoms with van der Waals surface area (Å²) in [5.74, 6) is 0.187. The molecule has 0 radical (unpaired) electrons. The molecule has 0 spiro atoms. The largest absolute Gasteiger partial charge is 0.455 e. The molecule has 0 heterocycles. The van der Waals surface area contributed by atoms with Gasteiger partial charge < -0.3 is 10.1 Å². The fourth-order valence-corrected chi connectivity index (χ4v) is 6.45. The fourth-order valence-electron chi connectivity index (χ4n) is 6.45. The van der Waals surface area contributed by atoms with Gasteiger partial charge in [0.25, 0.3) is 5.91 Å². The van der Waals surface area contributed by atoms with Crippen LogP contribution in [0.5, 0.6) is 0 Å². The highest BCUT2D eigenvalue weighted by molar-refractivity contribution is 5.96. The van der Waals surface area contributed by atoms with Crippen LogP contribution in [0.2, 0.25) is 0 Å². The van der Waals surface area contributed by atoms with Crippen molar-refractivity contribution in [1.82, 2.24) is 10.6 Å². The number of rotatable bonds is 4. The van der Waals surface area contributed by atoms with E-state index in [2.05, 4.69) is 34.9 Å². The number of esters is 1. The normalized spacial score (nSPS) is 31.8. The summed E-state index contributed by atoms with van der Waals surface area (Å²) in [6.07, 6.45) is 5.96. The Kier molecular flexibility index (Phi) is 5.15. The summed E-state index contributed by atoms with van der Waals surface area (Å²) in [6, 6.07) is 9.97. The van der Waals surface area contributed by atoms with Gasteiger partial charge in [-0.15, -0.1) is 0 Å². The summed E-state index contributed by atoms with van der Waals surface area (Å²) >= 11 is 0. The summed E-state index contributed by atoms with van der Waals surface area (Å²) in [7, 11) is 0. The van der Waals surface area contributed by atoms with E-state index in [4.69, 9.17) is 4.74 Å². The maximum atomic E-state index is 13.2. The van der Waals surface area contributed by atoms with Crippen molar-refractivity contribution in [3.05, 3.63) is 35.9 Å². The van der Waals surface area contributed by atoms with Gasteiger partial charge in [-0.05, 0) is 82.1 Å². The molecular formula is C24H32N2O4. The van der Waals surface area contributed by atoms with Crippen molar-refractivity contribution in [1.29, 1.82) is 0 Å². The lowest BCUT2D eigenvalue weighted by atomic mass is 9.43. The van der Waals surface area contributed by atoms with Crippen molar-refractivity contribution in [3.63, 3.8) is 0 Å². The summed E-state index contributed by atoms with van der Waals surface area (Å²) in [5, 5.41) is 4.89. The first-order valence-electron chi connectivity index (χ1n) is 10.9. The van der Waals surface area contributed by atoms with E-state index < -0.39 is 29.5 Å². The number of amides is 3. The summed E-state index contributed by atoms with van der Waals surface area (Å²) < 4.78 is 5.47. The molecule has 2 unspecified atom stereocenters. The average molecular weight is 413 g/mol. The lowest BCUT2D eigenvalue weighted by molar-refractivity contribution is -0.175. The Bertz CT molecular complexity index is 829. The zero-order valence-electron chi connectivity index (χ0n) is 18.1. The highest BCUT2D eigenvalue weighted by Gasteiger charge is 2.61. The Labute approximate surface area is 178 Å². The SMILES string of the molecule is CC(C)(C)NC(=O)NC(=O)COC(=O)C12C[C@H]3C[C@@H](C1)CC(c1ccccc1)(C3)C2. The summed E-state index contributed by atoms with van der Waals surface area (Å²) in [4.78, 5) is 37.1. The molecule has 1 aromatic carbocycles. The predicted octanol–water partition coefficient (Wildman–Crippen LogP) is 3.69. The monoisotopic (exact) mass is 412 g/mol. The van der Waals surface area contributed by atoms with Gasteiger partial charge in [-0.25, -0.2) is 4.79 Å². The standard InChI is InChI=1S/C24H32N2O4/c1-22(2,3)26-21(29)25-19(27)14-30-20(28)24-12-16-9-17(13-24)11-23(10-16,15-24)18-7-5-4-6-8-18/h4-8,16-17H,9-15H2,1-3H3,(H2,25,26,27,29)/t16-,17+,23?,24?. The molecular weight excluding hydrogens is 380 g/mol. The lowest BCUT2D eigenvalue weighted by Gasteiger charge is -2.61. The molecule has 0 aliphatic heterocycles. The van der Waals surface area contributed by atoms with Gasteiger partial charge >= 0.3 is 12.0 Å². The number of hydrogen-bond acceptors (Lipinski definition) is 4. The van der Waals surface area contributed by atoms with Crippen LogP contribution in [0.15, 0.2) is 30.3 Å². The molecule has 4 aliphatic carbocycles. The van der Waals surface area contributed by atoms with Crippen LogP contribution in [-0.2, 0) is 19.7 Å². The van der Waals surface area contributed by atoms with Crippen LogP contribution >= 0.6 is 0 Å². The van der Waals surface area contributed by atoms with Crippen LogP contribution in [0.25, 0.3) is 0 Å². The van der Waals surface area contributed by atoms with Gasteiger partial charge in [0.15, 0.2) is 6.61 Å². The second-order valence-electron chi connectivity index (χ2n) is 10.7. The van der Waals surface area contributed by atoms with Gasteiger partial charge in [0, 0.05) is 5.54 Å². The Morgan fingerprint density at radius 3 is 2.27 bits per heavy atom. The molecule has 4 fully saturated rings. The van der Waals surface area contributed by atoms with Gasteiger partial charge in [-0.3, -0.25) is 14.9 Å². The number of carbonyl (C=O) groups is 3. The number of urea groups is 1. The van der Waals surface area contributed by atoms with Gasteiger partial charge in [0.2, 0.25) is 0 Å². The number of ether oxygens (including phenoxy) is 1. The van der Waals surface area contributed by atoms with E-state index in [1.54, 1.807) is 0 Å². The molecule has 6 heteroatoms. The third-order valence-electron chi connectivity index (χ3n) is 6.96. The number of carbonyl (C=O) groups excluding carboxylic acids is 3. The van der Waals surface area contributed by atoms with Crippen LogP contribution in [-0.4, -0.2) is 30.1 Å². The molecule has 2 N–H and O–H groups in total. The first-order valence-corrected chi connectivity index (χ1v) is 10.9. The smallest absolute Gasteiger partial charge is 0.321 e. The third kappa shape index (κ3) is 4.09.